The van der Waals surface area contributed by atoms with Crippen molar-refractivity contribution in [3.63, 3.8) is 0 Å². The predicted molar refractivity (Wildman–Crippen MR) is 112 cm³/mol. The fraction of sp³-hybridized carbons (Fsp3) is 0.650. The summed E-state index contributed by atoms with van der Waals surface area (Å²) in [6, 6.07) is 5.73. The van der Waals surface area contributed by atoms with E-state index < -0.39 is 17.4 Å². The maximum absolute atomic E-state index is 11.3. The lowest BCUT2D eigenvalue weighted by Crippen LogP contribution is -2.44. The fourth-order valence-electron chi connectivity index (χ4n) is 2.38. The molecule has 0 aliphatic rings. The molecule has 0 N–H and O–H groups in total. The number of hydrogen-bond donors (Lipinski definition) is 0. The molecule has 1 aromatic rings. The Balaban J connectivity index is 3.47. The maximum atomic E-state index is 11.3. The van der Waals surface area contributed by atoms with E-state index in [1.165, 1.54) is 0 Å². The minimum atomic E-state index is -1.98. The molecule has 0 saturated heterocycles. The van der Waals surface area contributed by atoms with Gasteiger partial charge in [0.25, 0.3) is 0 Å². The van der Waals surface area contributed by atoms with Gasteiger partial charge in [-0.05, 0) is 54.8 Å². The van der Waals surface area contributed by atoms with Crippen LogP contribution in [0.25, 0.3) is 0 Å². The van der Waals surface area contributed by atoms with Crippen molar-refractivity contribution in [2.24, 2.45) is 5.41 Å². The lowest BCUT2D eigenvalue weighted by molar-refractivity contribution is 0.0847. The molecule has 0 saturated carbocycles. The van der Waals surface area contributed by atoms with Gasteiger partial charge in [0.1, 0.15) is 12.0 Å². The van der Waals surface area contributed by atoms with Gasteiger partial charge in [-0.15, -0.1) is 0 Å². The van der Waals surface area contributed by atoms with Crippen molar-refractivity contribution in [2.75, 3.05) is 0 Å². The number of carbonyl (C=O) groups excluding carboxylic acids is 1. The molecule has 142 valence electrons. The second kappa shape index (κ2) is 7.76. The topological polar surface area (TPSA) is 35.5 Å². The van der Waals surface area contributed by atoms with Gasteiger partial charge in [0, 0.05) is 11.1 Å². The zero-order chi connectivity index (χ0) is 19.6. The quantitative estimate of drug-likeness (QED) is 0.450. The van der Waals surface area contributed by atoms with Crippen LogP contribution in [0.15, 0.2) is 18.2 Å². The van der Waals surface area contributed by atoms with Gasteiger partial charge in [0.05, 0.1) is 6.10 Å². The van der Waals surface area contributed by atoms with E-state index in [4.69, 9.17) is 8.85 Å². The summed E-state index contributed by atoms with van der Waals surface area (Å²) in [4.78, 5) is 11.3. The van der Waals surface area contributed by atoms with Crippen LogP contribution in [-0.4, -0.2) is 23.6 Å². The molecule has 0 aliphatic heterocycles. The molecule has 0 radical (unpaired) electrons. The molecule has 1 unspecified atom stereocenters. The van der Waals surface area contributed by atoms with Crippen LogP contribution in [0.3, 0.4) is 0 Å². The van der Waals surface area contributed by atoms with Crippen LogP contribution >= 0.6 is 0 Å². The Hall–Kier alpha value is -0.916. The van der Waals surface area contributed by atoms with Crippen LogP contribution in [-0.2, 0) is 4.43 Å². The van der Waals surface area contributed by atoms with Crippen LogP contribution in [0.5, 0.6) is 5.75 Å². The molecular weight excluding hydrogens is 344 g/mol. The Morgan fingerprint density at radius 2 is 1.64 bits per heavy atom. The van der Waals surface area contributed by atoms with E-state index in [0.29, 0.717) is 5.56 Å². The summed E-state index contributed by atoms with van der Waals surface area (Å²) in [5, 5.41) is 0.110. The van der Waals surface area contributed by atoms with Crippen molar-refractivity contribution in [2.45, 2.75) is 78.9 Å². The van der Waals surface area contributed by atoms with Crippen LogP contribution in [0.1, 0.15) is 63.6 Å². The summed E-state index contributed by atoms with van der Waals surface area (Å²) in [5.74, 6) is 0.867. The highest BCUT2D eigenvalue weighted by atomic mass is 28.4. The van der Waals surface area contributed by atoms with Crippen molar-refractivity contribution < 1.29 is 13.6 Å². The van der Waals surface area contributed by atoms with Gasteiger partial charge in [-0.1, -0.05) is 41.5 Å². The highest BCUT2D eigenvalue weighted by molar-refractivity contribution is 6.74. The first-order valence-corrected chi connectivity index (χ1v) is 14.8. The third kappa shape index (κ3) is 5.79. The van der Waals surface area contributed by atoms with Crippen LogP contribution in [0.4, 0.5) is 0 Å². The Morgan fingerprint density at radius 3 is 2.04 bits per heavy atom. The molecule has 3 nitrogen and oxygen atoms in total. The van der Waals surface area contributed by atoms with Gasteiger partial charge in [-0.25, -0.2) is 0 Å². The molecule has 1 rings (SSSR count). The van der Waals surface area contributed by atoms with Gasteiger partial charge in [-0.3, -0.25) is 4.79 Å². The highest BCUT2D eigenvalue weighted by Gasteiger charge is 2.40. The third-order valence-corrected chi connectivity index (χ3v) is 9.98. The average molecular weight is 381 g/mol. The first kappa shape index (κ1) is 22.1. The molecule has 0 aliphatic carbocycles. The smallest absolute Gasteiger partial charge is 0.250 e. The van der Waals surface area contributed by atoms with Crippen molar-refractivity contribution in [3.8, 4) is 5.75 Å². The van der Waals surface area contributed by atoms with Gasteiger partial charge in [0.15, 0.2) is 9.04 Å². The van der Waals surface area contributed by atoms with Gasteiger partial charge in [0.2, 0.25) is 8.32 Å². The maximum Gasteiger partial charge on any atom is 0.250 e. The zero-order valence-corrected chi connectivity index (χ0v) is 19.8. The van der Waals surface area contributed by atoms with Gasteiger partial charge < -0.3 is 8.85 Å². The van der Waals surface area contributed by atoms with E-state index in [1.54, 1.807) is 0 Å². The van der Waals surface area contributed by atoms with Crippen LogP contribution in [0, 0.1) is 5.41 Å². The first-order chi connectivity index (χ1) is 11.2. The average Bonchev–Trinajstić information content (AvgIpc) is 2.42. The number of aldehydes is 1. The summed E-state index contributed by atoms with van der Waals surface area (Å²) in [6.45, 7) is 22.1. The van der Waals surface area contributed by atoms with Crippen molar-refractivity contribution in [1.82, 2.24) is 0 Å². The highest BCUT2D eigenvalue weighted by Crippen LogP contribution is 2.44. The number of rotatable bonds is 6. The Kier molecular flexibility index (Phi) is 6.87. The lowest BCUT2D eigenvalue weighted by atomic mass is 9.84. The van der Waals surface area contributed by atoms with E-state index in [2.05, 4.69) is 67.7 Å². The van der Waals surface area contributed by atoms with Crippen LogP contribution < -0.4 is 4.43 Å². The SMILES string of the molecule is C[SiH](C)OC(c1cc(C=O)ccc1O[Si](C)(C)C(C)(C)C)C(C)(C)C. The molecule has 5 heteroatoms. The summed E-state index contributed by atoms with van der Waals surface area (Å²) in [6.07, 6.45) is 0.811. The van der Waals surface area contributed by atoms with E-state index in [9.17, 15) is 4.79 Å². The molecule has 1 atom stereocenters. The molecule has 0 aromatic heterocycles. The second-order valence-corrected chi connectivity index (χ2v) is 16.8. The van der Waals surface area contributed by atoms with Gasteiger partial charge in [-0.2, -0.15) is 0 Å². The summed E-state index contributed by atoms with van der Waals surface area (Å²) in [5.41, 5.74) is 1.59. The molecule has 0 fully saturated rings. The third-order valence-electron chi connectivity index (χ3n) is 4.82. The molecule has 0 heterocycles. The molecule has 25 heavy (non-hydrogen) atoms. The van der Waals surface area contributed by atoms with Crippen molar-refractivity contribution in [1.29, 1.82) is 0 Å². The Morgan fingerprint density at radius 1 is 1.08 bits per heavy atom. The number of carbonyl (C=O) groups is 1. The fourth-order valence-corrected chi connectivity index (χ4v) is 4.52. The Labute approximate surface area is 157 Å². The first-order valence-electron chi connectivity index (χ1n) is 9.12. The monoisotopic (exact) mass is 380 g/mol. The van der Waals surface area contributed by atoms with Crippen molar-refractivity contribution >= 4 is 23.6 Å². The summed E-state index contributed by atoms with van der Waals surface area (Å²) >= 11 is 0. The largest absolute Gasteiger partial charge is 0.543 e. The zero-order valence-electron chi connectivity index (χ0n) is 17.7. The normalized spacial score (nSPS) is 14.5. The minimum Gasteiger partial charge on any atom is -0.543 e. The van der Waals surface area contributed by atoms with E-state index in [0.717, 1.165) is 17.6 Å². The van der Waals surface area contributed by atoms with Crippen molar-refractivity contribution in [3.05, 3.63) is 29.3 Å². The predicted octanol–water partition coefficient (Wildman–Crippen LogP) is 5.97. The molecule has 0 amide bonds. The van der Waals surface area contributed by atoms with Gasteiger partial charge >= 0.3 is 0 Å². The molecule has 0 spiro atoms. The van der Waals surface area contributed by atoms with E-state index in [1.807, 2.05) is 18.2 Å². The molecule has 0 bridgehead atoms. The summed E-state index contributed by atoms with van der Waals surface area (Å²) < 4.78 is 13.0. The summed E-state index contributed by atoms with van der Waals surface area (Å²) in [7, 11) is -3.24. The standard InChI is InChI=1S/C20H36O3Si2/c1-19(2,3)18(22-24(7)8)16-13-15(14-21)11-12-17(16)23-25(9,10)20(4,5)6/h11-14,18,24H,1-10H3. The van der Waals surface area contributed by atoms with Crippen LogP contribution in [0.2, 0.25) is 31.2 Å². The van der Waals surface area contributed by atoms with E-state index in [-0.39, 0.29) is 16.6 Å². The lowest BCUT2D eigenvalue weighted by Gasteiger charge is -2.39. The number of hydrogen-bond acceptors (Lipinski definition) is 3. The Bertz CT molecular complexity index is 596. The minimum absolute atomic E-state index is 0.0790. The van der Waals surface area contributed by atoms with E-state index >= 15 is 0 Å². The number of benzene rings is 1. The molecule has 1 aromatic carbocycles. The molecular formula is C20H36O3Si2. The second-order valence-electron chi connectivity index (χ2n) is 9.71.